The molecule has 0 bridgehead atoms. The largest absolute Gasteiger partial charge is 0.252 e. The van der Waals surface area contributed by atoms with Crippen LogP contribution in [0, 0.1) is 0 Å². The molecule has 0 aliphatic rings. The minimum Gasteiger partial charge on any atom is -0.252 e. The molecule has 4 aromatic rings. The predicted molar refractivity (Wildman–Crippen MR) is 144 cm³/mol. The number of nitrogens with zero attached hydrogens (tertiary/aromatic N) is 1. The molecule has 4 nitrogen and oxygen atoms in total. The summed E-state index contributed by atoms with van der Waals surface area (Å²) in [6, 6.07) is 37.4. The van der Waals surface area contributed by atoms with Gasteiger partial charge in [0.2, 0.25) is 10.0 Å². The molecule has 0 saturated heterocycles. The summed E-state index contributed by atoms with van der Waals surface area (Å²) in [7, 11) is -6.34. The van der Waals surface area contributed by atoms with Gasteiger partial charge in [-0.15, -0.1) is 6.58 Å². The van der Waals surface area contributed by atoms with Gasteiger partial charge in [-0.2, -0.15) is 0 Å². The van der Waals surface area contributed by atoms with Gasteiger partial charge in [-0.25, -0.2) is 13.1 Å². The number of nitrogens with one attached hydrogen (secondary N) is 1. The van der Waals surface area contributed by atoms with Crippen LogP contribution < -0.4 is 20.6 Å². The Labute approximate surface area is 202 Å². The van der Waals surface area contributed by atoms with Crippen molar-refractivity contribution in [1.29, 1.82) is 0 Å². The number of rotatable bonds is 9. The molecule has 0 saturated carbocycles. The van der Waals surface area contributed by atoms with Crippen LogP contribution in [0.5, 0.6) is 0 Å². The van der Waals surface area contributed by atoms with Gasteiger partial charge in [-0.3, -0.25) is 4.74 Å². The third-order valence-electron chi connectivity index (χ3n) is 5.44. The zero-order chi connectivity index (χ0) is 23.9. The first-order valence-corrected chi connectivity index (χ1v) is 14.3. The summed E-state index contributed by atoms with van der Waals surface area (Å²) in [4.78, 5) is 0.172. The van der Waals surface area contributed by atoms with E-state index in [9.17, 15) is 8.42 Å². The fraction of sp³-hybridized carbons (Fsp3) is 0.0714. The molecule has 0 aromatic heterocycles. The molecule has 0 unspecified atom stereocenters. The van der Waals surface area contributed by atoms with Gasteiger partial charge in [0.15, 0.2) is 0 Å². The first-order valence-electron chi connectivity index (χ1n) is 11.1. The van der Waals surface area contributed by atoms with E-state index in [-0.39, 0.29) is 11.4 Å². The van der Waals surface area contributed by atoms with Crippen LogP contribution in [0.1, 0.15) is 6.42 Å². The number of sulfonamides is 1. The Morgan fingerprint density at radius 1 is 0.706 bits per heavy atom. The lowest BCUT2D eigenvalue weighted by atomic mass is 10.3. The summed E-state index contributed by atoms with van der Waals surface area (Å²) in [5.74, 6) is 0. The van der Waals surface area contributed by atoms with Gasteiger partial charge in [0.05, 0.1) is 12.7 Å². The summed E-state index contributed by atoms with van der Waals surface area (Å²) in [6.07, 6.45) is 2.24. The first-order chi connectivity index (χ1) is 16.6. The summed E-state index contributed by atoms with van der Waals surface area (Å²) < 4.78 is 34.5. The van der Waals surface area contributed by atoms with Crippen LogP contribution in [0.25, 0.3) is 0 Å². The Balaban J connectivity index is 2.06. The maximum Gasteiger partial charge on any atom is 0.242 e. The number of benzene rings is 4. The van der Waals surface area contributed by atoms with E-state index in [0.717, 1.165) is 15.9 Å². The standard InChI is InChI=1S/C28H27N2O2PS/c1-2-3-23-29-34(31,32)28-22-14-13-21-27(28)30-33(24-15-7-4-8-16-24,25-17-9-5-10-18-25)26-19-11-6-12-20-26/h2,4-22,29H,1,3,23H2. The van der Waals surface area contributed by atoms with Crippen molar-refractivity contribution in [2.75, 3.05) is 6.54 Å². The van der Waals surface area contributed by atoms with Crippen molar-refractivity contribution >= 4 is 38.7 Å². The molecule has 34 heavy (non-hydrogen) atoms. The second kappa shape index (κ2) is 10.8. The normalized spacial score (nSPS) is 11.6. The Morgan fingerprint density at radius 3 is 1.62 bits per heavy atom. The molecule has 0 atom stereocenters. The van der Waals surface area contributed by atoms with Crippen LogP contribution in [0.4, 0.5) is 5.69 Å². The fourth-order valence-corrected chi connectivity index (χ4v) is 8.66. The molecular formula is C28H27N2O2PS. The zero-order valence-corrected chi connectivity index (χ0v) is 20.5. The van der Waals surface area contributed by atoms with Crippen molar-refractivity contribution in [3.63, 3.8) is 0 Å². The van der Waals surface area contributed by atoms with Gasteiger partial charge in [0, 0.05) is 22.5 Å². The van der Waals surface area contributed by atoms with Gasteiger partial charge in [-0.1, -0.05) is 109 Å². The average Bonchev–Trinajstić information content (AvgIpc) is 2.89. The maximum absolute atomic E-state index is 13.2. The highest BCUT2D eigenvalue weighted by atomic mass is 32.2. The van der Waals surface area contributed by atoms with Crippen molar-refractivity contribution in [2.45, 2.75) is 11.3 Å². The van der Waals surface area contributed by atoms with Gasteiger partial charge in [0.1, 0.15) is 4.90 Å². The van der Waals surface area contributed by atoms with Gasteiger partial charge < -0.3 is 0 Å². The highest BCUT2D eigenvalue weighted by Crippen LogP contribution is 2.50. The van der Waals surface area contributed by atoms with Crippen LogP contribution in [0.15, 0.2) is 138 Å². The Kier molecular flexibility index (Phi) is 7.59. The molecule has 0 aliphatic carbocycles. The Morgan fingerprint density at radius 2 is 1.15 bits per heavy atom. The summed E-state index contributed by atoms with van der Waals surface area (Å²) in [5.41, 5.74) is 0.443. The molecule has 0 heterocycles. The van der Waals surface area contributed by atoms with Crippen LogP contribution >= 0.6 is 7.05 Å². The molecular weight excluding hydrogens is 459 g/mol. The van der Waals surface area contributed by atoms with E-state index in [1.54, 1.807) is 24.3 Å². The first kappa shape index (κ1) is 23.9. The zero-order valence-electron chi connectivity index (χ0n) is 18.8. The lowest BCUT2D eigenvalue weighted by molar-refractivity contribution is 0.582. The molecule has 0 fully saturated rings. The SMILES string of the molecule is C=CCCNS(=O)(=O)c1ccccc1N=P(c1ccccc1)(c1ccccc1)c1ccccc1. The second-order valence-electron chi connectivity index (χ2n) is 7.68. The van der Waals surface area contributed by atoms with E-state index in [1.807, 2.05) is 60.7 Å². The van der Waals surface area contributed by atoms with Crippen molar-refractivity contribution in [3.05, 3.63) is 128 Å². The minimum absolute atomic E-state index is 0.172. The molecule has 0 aliphatic heterocycles. The average molecular weight is 487 g/mol. The molecule has 4 rings (SSSR count). The van der Waals surface area contributed by atoms with Gasteiger partial charge in [-0.05, 0) is 18.6 Å². The highest BCUT2D eigenvalue weighted by molar-refractivity contribution is 7.90. The van der Waals surface area contributed by atoms with E-state index in [0.29, 0.717) is 12.1 Å². The second-order valence-corrected chi connectivity index (χ2v) is 12.4. The molecule has 6 heteroatoms. The van der Waals surface area contributed by atoms with Gasteiger partial charge >= 0.3 is 0 Å². The molecule has 4 aromatic carbocycles. The van der Waals surface area contributed by atoms with E-state index < -0.39 is 17.1 Å². The summed E-state index contributed by atoms with van der Waals surface area (Å²) in [5, 5.41) is 3.16. The van der Waals surface area contributed by atoms with E-state index >= 15 is 0 Å². The number of hydrogen-bond acceptors (Lipinski definition) is 3. The third-order valence-corrected chi connectivity index (χ3v) is 10.6. The van der Waals surface area contributed by atoms with Crippen molar-refractivity contribution in [3.8, 4) is 0 Å². The third kappa shape index (κ3) is 4.97. The van der Waals surface area contributed by atoms with Crippen LogP contribution in [0.2, 0.25) is 0 Å². The summed E-state index contributed by atoms with van der Waals surface area (Å²) in [6.45, 7) is 3.96. The summed E-state index contributed by atoms with van der Waals surface area (Å²) >= 11 is 0. The van der Waals surface area contributed by atoms with E-state index in [2.05, 4.69) is 47.7 Å². The lowest BCUT2D eigenvalue weighted by Crippen LogP contribution is -2.26. The molecule has 0 radical (unpaired) electrons. The van der Waals surface area contributed by atoms with Crippen LogP contribution in [0.3, 0.4) is 0 Å². The molecule has 1 N–H and O–H groups in total. The smallest absolute Gasteiger partial charge is 0.242 e. The maximum atomic E-state index is 13.2. The van der Waals surface area contributed by atoms with Crippen LogP contribution in [-0.2, 0) is 10.0 Å². The topological polar surface area (TPSA) is 58.5 Å². The van der Waals surface area contributed by atoms with Crippen molar-refractivity contribution < 1.29 is 8.42 Å². The molecule has 0 amide bonds. The Bertz CT molecular complexity index is 1300. The lowest BCUT2D eigenvalue weighted by Gasteiger charge is -2.27. The quantitative estimate of drug-likeness (QED) is 0.197. The van der Waals surface area contributed by atoms with Crippen LogP contribution in [-0.4, -0.2) is 15.0 Å². The Hall–Kier alpha value is -3.24. The molecule has 172 valence electrons. The van der Waals surface area contributed by atoms with Crippen molar-refractivity contribution in [1.82, 2.24) is 4.72 Å². The van der Waals surface area contributed by atoms with Crippen molar-refractivity contribution in [2.24, 2.45) is 4.74 Å². The fourth-order valence-electron chi connectivity index (χ4n) is 3.85. The van der Waals surface area contributed by atoms with E-state index in [1.165, 1.54) is 0 Å². The number of hydrogen-bond donors (Lipinski definition) is 1. The predicted octanol–water partition coefficient (Wildman–Crippen LogP) is 5.35. The monoisotopic (exact) mass is 486 g/mol. The molecule has 0 spiro atoms. The minimum atomic E-state index is -3.76. The van der Waals surface area contributed by atoms with E-state index in [4.69, 9.17) is 4.74 Å². The van der Waals surface area contributed by atoms with Gasteiger partial charge in [0.25, 0.3) is 0 Å². The highest BCUT2D eigenvalue weighted by Gasteiger charge is 2.29.